The molecule has 1 atom stereocenters. The summed E-state index contributed by atoms with van der Waals surface area (Å²) in [6, 6.07) is 6.69. The lowest BCUT2D eigenvalue weighted by atomic mass is 9.92. The Morgan fingerprint density at radius 2 is 1.89 bits per heavy atom. The Labute approximate surface area is 105 Å². The molecule has 2 amide bonds. The molecule has 1 unspecified atom stereocenters. The van der Waals surface area contributed by atoms with Crippen LogP contribution in [0.5, 0.6) is 0 Å². The zero-order valence-corrected chi connectivity index (χ0v) is 10.2. The molecule has 0 spiro atoms. The first-order valence-electron chi connectivity index (χ1n) is 5.60. The Morgan fingerprint density at radius 1 is 1.22 bits per heavy atom. The Bertz CT molecular complexity index is 483. The normalized spacial score (nSPS) is 11.8. The fraction of sp³-hybridized carbons (Fsp3) is 0.308. The van der Waals surface area contributed by atoms with Crippen LogP contribution >= 0.6 is 0 Å². The molecule has 0 aliphatic heterocycles. The first-order valence-corrected chi connectivity index (χ1v) is 5.60. The number of amides is 2. The van der Waals surface area contributed by atoms with Gasteiger partial charge in [0.1, 0.15) is 0 Å². The average Bonchev–Trinajstić information content (AvgIpc) is 2.28. The first kappa shape index (κ1) is 13.9. The van der Waals surface area contributed by atoms with Crippen LogP contribution in [0.25, 0.3) is 0 Å². The van der Waals surface area contributed by atoms with Gasteiger partial charge in [-0.3, -0.25) is 14.4 Å². The van der Waals surface area contributed by atoms with Crippen molar-refractivity contribution in [1.82, 2.24) is 0 Å². The molecule has 1 rings (SSSR count). The molecule has 0 bridgehead atoms. The predicted octanol–water partition coefficient (Wildman–Crippen LogP) is 0.724. The second-order valence-corrected chi connectivity index (χ2v) is 4.14. The third-order valence-electron chi connectivity index (χ3n) is 2.72. The van der Waals surface area contributed by atoms with Crippen LogP contribution in [0.2, 0.25) is 0 Å². The van der Waals surface area contributed by atoms with Crippen molar-refractivity contribution in [3.8, 4) is 0 Å². The third-order valence-corrected chi connectivity index (χ3v) is 2.72. The van der Waals surface area contributed by atoms with Gasteiger partial charge >= 0.3 is 0 Å². The zero-order chi connectivity index (χ0) is 13.7. The second-order valence-electron chi connectivity index (χ2n) is 4.14. The summed E-state index contributed by atoms with van der Waals surface area (Å²) < 4.78 is 0. The summed E-state index contributed by atoms with van der Waals surface area (Å²) in [7, 11) is 0. The smallest absolute Gasteiger partial charge is 0.224 e. The van der Waals surface area contributed by atoms with Crippen LogP contribution in [-0.2, 0) is 9.59 Å². The highest BCUT2D eigenvalue weighted by molar-refractivity contribution is 5.94. The number of carbonyl (C=O) groups excluding carboxylic acids is 3. The zero-order valence-electron chi connectivity index (χ0n) is 10.2. The van der Waals surface area contributed by atoms with E-state index in [-0.39, 0.29) is 18.6 Å². The summed E-state index contributed by atoms with van der Waals surface area (Å²) in [4.78, 5) is 33.4. The van der Waals surface area contributed by atoms with E-state index < -0.39 is 17.7 Å². The van der Waals surface area contributed by atoms with Crippen LogP contribution in [0, 0.1) is 0 Å². The summed E-state index contributed by atoms with van der Waals surface area (Å²) in [6.07, 6.45) is 0.337. The molecule has 1 aromatic rings. The molecule has 5 heteroatoms. The lowest BCUT2D eigenvalue weighted by molar-refractivity contribution is -0.120. The van der Waals surface area contributed by atoms with E-state index in [4.69, 9.17) is 11.5 Å². The number of ketones is 1. The molecule has 4 N–H and O–H groups in total. The van der Waals surface area contributed by atoms with Crippen LogP contribution < -0.4 is 11.5 Å². The van der Waals surface area contributed by atoms with Gasteiger partial charge in [0.15, 0.2) is 5.78 Å². The quantitative estimate of drug-likeness (QED) is 0.725. The molecule has 1 aromatic carbocycles. The maximum atomic E-state index is 11.4. The van der Waals surface area contributed by atoms with Crippen molar-refractivity contribution in [2.45, 2.75) is 25.7 Å². The van der Waals surface area contributed by atoms with E-state index >= 15 is 0 Å². The van der Waals surface area contributed by atoms with Gasteiger partial charge in [-0.25, -0.2) is 0 Å². The van der Waals surface area contributed by atoms with Crippen molar-refractivity contribution in [2.24, 2.45) is 11.5 Å². The van der Waals surface area contributed by atoms with Gasteiger partial charge in [0.25, 0.3) is 0 Å². The minimum atomic E-state index is -0.600. The lowest BCUT2D eigenvalue weighted by Crippen LogP contribution is -2.23. The van der Waals surface area contributed by atoms with Crippen LogP contribution in [-0.4, -0.2) is 17.6 Å². The van der Waals surface area contributed by atoms with Crippen LogP contribution in [0.1, 0.15) is 41.6 Å². The maximum absolute atomic E-state index is 11.4. The van der Waals surface area contributed by atoms with E-state index in [0.29, 0.717) is 11.1 Å². The number of Topliss-reactive ketones (excluding diaryl/α,β-unsaturated/α-hetero) is 1. The minimum absolute atomic E-state index is 0.0813. The monoisotopic (exact) mass is 248 g/mol. The highest BCUT2D eigenvalue weighted by Crippen LogP contribution is 2.22. The van der Waals surface area contributed by atoms with Crippen molar-refractivity contribution in [3.63, 3.8) is 0 Å². The topological polar surface area (TPSA) is 103 Å². The van der Waals surface area contributed by atoms with Gasteiger partial charge in [0.05, 0.1) is 5.92 Å². The number of nitrogens with two attached hydrogens (primary N) is 2. The molecule has 0 fully saturated rings. The number of carbonyl (C=O) groups is 3. The second kappa shape index (κ2) is 5.95. The number of rotatable bonds is 6. The Balaban J connectivity index is 2.98. The fourth-order valence-electron chi connectivity index (χ4n) is 1.73. The van der Waals surface area contributed by atoms with Crippen molar-refractivity contribution in [3.05, 3.63) is 35.4 Å². The summed E-state index contributed by atoms with van der Waals surface area (Å²) in [5.74, 6) is -1.70. The highest BCUT2D eigenvalue weighted by Gasteiger charge is 2.19. The average molecular weight is 248 g/mol. The molecule has 0 saturated heterocycles. The van der Waals surface area contributed by atoms with Gasteiger partial charge in [-0.1, -0.05) is 18.2 Å². The van der Waals surface area contributed by atoms with E-state index in [1.54, 1.807) is 24.3 Å². The maximum Gasteiger partial charge on any atom is 0.224 e. The largest absolute Gasteiger partial charge is 0.370 e. The molecule has 0 aromatic heterocycles. The predicted molar refractivity (Wildman–Crippen MR) is 66.8 cm³/mol. The van der Waals surface area contributed by atoms with Gasteiger partial charge in [-0.2, -0.15) is 0 Å². The number of hydrogen-bond donors (Lipinski definition) is 2. The number of benzene rings is 1. The molecule has 0 heterocycles. The van der Waals surface area contributed by atoms with Crippen molar-refractivity contribution in [1.29, 1.82) is 0 Å². The first-order chi connectivity index (χ1) is 8.41. The highest BCUT2D eigenvalue weighted by atomic mass is 16.1. The fourth-order valence-corrected chi connectivity index (χ4v) is 1.73. The Morgan fingerprint density at radius 3 is 2.39 bits per heavy atom. The minimum Gasteiger partial charge on any atom is -0.370 e. The summed E-state index contributed by atoms with van der Waals surface area (Å²) in [6.45, 7) is 1.45. The molecular weight excluding hydrogens is 232 g/mol. The van der Waals surface area contributed by atoms with Crippen LogP contribution in [0.4, 0.5) is 0 Å². The summed E-state index contributed by atoms with van der Waals surface area (Å²) in [5.41, 5.74) is 11.5. The molecule has 0 radical (unpaired) electrons. The summed E-state index contributed by atoms with van der Waals surface area (Å²) >= 11 is 0. The van der Waals surface area contributed by atoms with E-state index in [1.165, 1.54) is 6.92 Å². The van der Waals surface area contributed by atoms with Crippen molar-refractivity contribution < 1.29 is 14.4 Å². The van der Waals surface area contributed by atoms with Gasteiger partial charge in [-0.15, -0.1) is 0 Å². The molecule has 0 saturated carbocycles. The Kier molecular flexibility index (Phi) is 4.59. The van der Waals surface area contributed by atoms with Crippen molar-refractivity contribution in [2.75, 3.05) is 0 Å². The Hall–Kier alpha value is -2.17. The van der Waals surface area contributed by atoms with E-state index in [0.717, 1.165) is 0 Å². The standard InChI is InChI=1S/C13H16N2O3/c1-8(16)9-3-2-4-10(7-9)11(13(15)18)5-6-12(14)17/h2-4,7,11H,5-6H2,1H3,(H2,14,17)(H2,15,18). The molecule has 96 valence electrons. The van der Waals surface area contributed by atoms with Gasteiger partial charge < -0.3 is 11.5 Å². The van der Waals surface area contributed by atoms with Gasteiger partial charge in [0.2, 0.25) is 11.8 Å². The molecule has 18 heavy (non-hydrogen) atoms. The van der Waals surface area contributed by atoms with E-state index in [2.05, 4.69) is 0 Å². The van der Waals surface area contributed by atoms with Crippen LogP contribution in [0.15, 0.2) is 24.3 Å². The van der Waals surface area contributed by atoms with E-state index in [1.807, 2.05) is 0 Å². The van der Waals surface area contributed by atoms with Gasteiger partial charge in [0, 0.05) is 12.0 Å². The lowest BCUT2D eigenvalue weighted by Gasteiger charge is -2.13. The van der Waals surface area contributed by atoms with E-state index in [9.17, 15) is 14.4 Å². The van der Waals surface area contributed by atoms with Gasteiger partial charge in [-0.05, 0) is 25.0 Å². The van der Waals surface area contributed by atoms with Crippen molar-refractivity contribution >= 4 is 17.6 Å². The molecular formula is C13H16N2O3. The SMILES string of the molecule is CC(=O)c1cccc(C(CCC(N)=O)C(N)=O)c1. The number of primary amides is 2. The molecule has 5 nitrogen and oxygen atoms in total. The van der Waals surface area contributed by atoms with Crippen LogP contribution in [0.3, 0.4) is 0 Å². The number of hydrogen-bond acceptors (Lipinski definition) is 3. The summed E-state index contributed by atoms with van der Waals surface area (Å²) in [5, 5.41) is 0. The molecule has 0 aliphatic rings. The molecule has 0 aliphatic carbocycles. The third kappa shape index (κ3) is 3.69.